The molecule has 2 N–H and O–H groups in total. The number of carbonyl (C=O) groups excluding carboxylic acids is 1. The van der Waals surface area contributed by atoms with E-state index in [4.69, 9.17) is 5.73 Å². The number of amides is 1. The minimum absolute atomic E-state index is 0.0500. The Balaban J connectivity index is 2.34. The van der Waals surface area contributed by atoms with Gasteiger partial charge in [-0.25, -0.2) is 0 Å². The van der Waals surface area contributed by atoms with Gasteiger partial charge in [-0.1, -0.05) is 24.3 Å². The van der Waals surface area contributed by atoms with E-state index in [0.717, 1.165) is 11.3 Å². The first-order valence-electron chi connectivity index (χ1n) is 5.79. The van der Waals surface area contributed by atoms with Crippen molar-refractivity contribution in [3.63, 3.8) is 0 Å². The highest BCUT2D eigenvalue weighted by Crippen LogP contribution is 2.18. The van der Waals surface area contributed by atoms with Crippen molar-refractivity contribution < 1.29 is 4.79 Å². The van der Waals surface area contributed by atoms with Crippen LogP contribution in [0.3, 0.4) is 0 Å². The Kier molecular flexibility index (Phi) is 3.33. The van der Waals surface area contributed by atoms with Crippen molar-refractivity contribution in [3.8, 4) is 0 Å². The predicted octanol–water partition coefficient (Wildman–Crippen LogP) is 2.85. The van der Waals surface area contributed by atoms with Crippen LogP contribution in [0, 0.1) is 6.92 Å². The van der Waals surface area contributed by atoms with E-state index in [1.54, 1.807) is 24.1 Å². The molecule has 0 bridgehead atoms. The van der Waals surface area contributed by atoms with E-state index in [1.165, 1.54) is 0 Å². The number of nitrogens with two attached hydrogens (primary N) is 1. The molecule has 2 aromatic rings. The summed E-state index contributed by atoms with van der Waals surface area (Å²) in [6, 6.07) is 14.9. The van der Waals surface area contributed by atoms with E-state index in [1.807, 2.05) is 43.3 Å². The molecular formula is C15H16N2O. The molecule has 0 saturated carbocycles. The van der Waals surface area contributed by atoms with E-state index < -0.39 is 0 Å². The molecule has 2 rings (SSSR count). The number of anilines is 2. The minimum Gasteiger partial charge on any atom is -0.399 e. The summed E-state index contributed by atoms with van der Waals surface area (Å²) in [6.07, 6.45) is 0. The molecule has 0 heterocycles. The Hall–Kier alpha value is -2.29. The van der Waals surface area contributed by atoms with Crippen LogP contribution in [0.1, 0.15) is 15.9 Å². The lowest BCUT2D eigenvalue weighted by Crippen LogP contribution is -2.26. The highest BCUT2D eigenvalue weighted by Gasteiger charge is 2.15. The number of para-hydroxylation sites is 1. The smallest absolute Gasteiger partial charge is 0.258 e. The van der Waals surface area contributed by atoms with Crippen LogP contribution >= 0.6 is 0 Å². The van der Waals surface area contributed by atoms with Crippen molar-refractivity contribution in [2.45, 2.75) is 6.92 Å². The van der Waals surface area contributed by atoms with Crippen LogP contribution in [0.2, 0.25) is 0 Å². The summed E-state index contributed by atoms with van der Waals surface area (Å²) in [5.41, 5.74) is 8.77. The Bertz CT molecular complexity index is 564. The molecule has 0 aliphatic carbocycles. The van der Waals surface area contributed by atoms with Gasteiger partial charge in [-0.2, -0.15) is 0 Å². The average molecular weight is 240 g/mol. The molecule has 3 heteroatoms. The first-order chi connectivity index (χ1) is 8.59. The van der Waals surface area contributed by atoms with Crippen molar-refractivity contribution in [2.75, 3.05) is 17.7 Å². The molecule has 0 saturated heterocycles. The summed E-state index contributed by atoms with van der Waals surface area (Å²) in [6.45, 7) is 1.91. The van der Waals surface area contributed by atoms with Gasteiger partial charge >= 0.3 is 0 Å². The van der Waals surface area contributed by atoms with Gasteiger partial charge in [-0.15, -0.1) is 0 Å². The summed E-state index contributed by atoms with van der Waals surface area (Å²) in [4.78, 5) is 14.0. The fourth-order valence-electron chi connectivity index (χ4n) is 1.82. The number of hydrogen-bond acceptors (Lipinski definition) is 2. The van der Waals surface area contributed by atoms with Gasteiger partial charge in [0.2, 0.25) is 0 Å². The predicted molar refractivity (Wildman–Crippen MR) is 74.8 cm³/mol. The van der Waals surface area contributed by atoms with Crippen molar-refractivity contribution >= 4 is 17.3 Å². The topological polar surface area (TPSA) is 46.3 Å². The lowest BCUT2D eigenvalue weighted by molar-refractivity contribution is 0.0992. The van der Waals surface area contributed by atoms with Crippen LogP contribution in [0.4, 0.5) is 11.4 Å². The number of nitrogens with zero attached hydrogens (tertiary/aromatic N) is 1. The normalized spacial score (nSPS) is 10.1. The second kappa shape index (κ2) is 4.92. The van der Waals surface area contributed by atoms with Gasteiger partial charge in [-0.3, -0.25) is 4.79 Å². The Morgan fingerprint density at radius 2 is 1.78 bits per heavy atom. The van der Waals surface area contributed by atoms with Crippen LogP contribution in [0.15, 0.2) is 48.5 Å². The zero-order valence-electron chi connectivity index (χ0n) is 10.6. The number of aryl methyl sites for hydroxylation is 1. The standard InChI is InChI=1S/C15H16N2O/c1-11-8-9-12(16)10-14(11)15(18)17(2)13-6-4-3-5-7-13/h3-10H,16H2,1-2H3. The van der Waals surface area contributed by atoms with Crippen LogP contribution in [-0.4, -0.2) is 13.0 Å². The molecule has 0 unspecified atom stereocenters. The number of carbonyl (C=O) groups is 1. The van der Waals surface area contributed by atoms with Gasteiger partial charge in [0, 0.05) is 24.0 Å². The monoisotopic (exact) mass is 240 g/mol. The molecule has 92 valence electrons. The second-order valence-electron chi connectivity index (χ2n) is 4.27. The molecule has 0 spiro atoms. The highest BCUT2D eigenvalue weighted by atomic mass is 16.2. The van der Waals surface area contributed by atoms with Crippen LogP contribution < -0.4 is 10.6 Å². The van der Waals surface area contributed by atoms with Crippen molar-refractivity contribution in [2.24, 2.45) is 0 Å². The molecule has 2 aromatic carbocycles. The quantitative estimate of drug-likeness (QED) is 0.820. The van der Waals surface area contributed by atoms with Gasteiger partial charge < -0.3 is 10.6 Å². The molecule has 3 nitrogen and oxygen atoms in total. The van der Waals surface area contributed by atoms with Crippen molar-refractivity contribution in [1.82, 2.24) is 0 Å². The fourth-order valence-corrected chi connectivity index (χ4v) is 1.82. The molecule has 18 heavy (non-hydrogen) atoms. The molecule has 0 aromatic heterocycles. The Labute approximate surface area is 107 Å². The van der Waals surface area contributed by atoms with Crippen LogP contribution in [-0.2, 0) is 0 Å². The number of nitrogen functional groups attached to an aromatic ring is 1. The number of hydrogen-bond donors (Lipinski definition) is 1. The van der Waals surface area contributed by atoms with Gasteiger partial charge in [0.1, 0.15) is 0 Å². The Morgan fingerprint density at radius 1 is 1.11 bits per heavy atom. The SMILES string of the molecule is Cc1ccc(N)cc1C(=O)N(C)c1ccccc1. The van der Waals surface area contributed by atoms with Gasteiger partial charge in [0.05, 0.1) is 0 Å². The van der Waals surface area contributed by atoms with Gasteiger partial charge in [0.25, 0.3) is 5.91 Å². The molecule has 0 fully saturated rings. The van der Waals surface area contributed by atoms with Crippen molar-refractivity contribution in [1.29, 1.82) is 0 Å². The maximum Gasteiger partial charge on any atom is 0.258 e. The first kappa shape index (κ1) is 12.2. The summed E-state index contributed by atoms with van der Waals surface area (Å²) in [5, 5.41) is 0. The average Bonchev–Trinajstić information content (AvgIpc) is 2.41. The first-order valence-corrected chi connectivity index (χ1v) is 5.79. The maximum atomic E-state index is 12.4. The van der Waals surface area contributed by atoms with E-state index in [-0.39, 0.29) is 5.91 Å². The lowest BCUT2D eigenvalue weighted by atomic mass is 10.1. The molecule has 0 atom stereocenters. The Morgan fingerprint density at radius 3 is 2.44 bits per heavy atom. The minimum atomic E-state index is -0.0500. The third kappa shape index (κ3) is 2.35. The zero-order valence-corrected chi connectivity index (χ0v) is 10.6. The van der Waals surface area contributed by atoms with Crippen molar-refractivity contribution in [3.05, 3.63) is 59.7 Å². The summed E-state index contributed by atoms with van der Waals surface area (Å²) in [7, 11) is 1.76. The van der Waals surface area contributed by atoms with E-state index in [9.17, 15) is 4.79 Å². The summed E-state index contributed by atoms with van der Waals surface area (Å²) < 4.78 is 0. The largest absolute Gasteiger partial charge is 0.399 e. The molecule has 1 amide bonds. The lowest BCUT2D eigenvalue weighted by Gasteiger charge is -2.18. The third-order valence-electron chi connectivity index (χ3n) is 2.94. The molecular weight excluding hydrogens is 224 g/mol. The van der Waals surface area contributed by atoms with Crippen LogP contribution in [0.5, 0.6) is 0 Å². The molecule has 0 radical (unpaired) electrons. The number of benzene rings is 2. The third-order valence-corrected chi connectivity index (χ3v) is 2.94. The highest BCUT2D eigenvalue weighted by molar-refractivity contribution is 6.07. The van der Waals surface area contributed by atoms with Crippen LogP contribution in [0.25, 0.3) is 0 Å². The summed E-state index contributed by atoms with van der Waals surface area (Å²) >= 11 is 0. The summed E-state index contributed by atoms with van der Waals surface area (Å²) in [5.74, 6) is -0.0500. The van der Waals surface area contributed by atoms with Gasteiger partial charge in [-0.05, 0) is 36.8 Å². The van der Waals surface area contributed by atoms with E-state index in [0.29, 0.717) is 11.3 Å². The molecule has 0 aliphatic heterocycles. The fraction of sp³-hybridized carbons (Fsp3) is 0.133. The second-order valence-corrected chi connectivity index (χ2v) is 4.27. The molecule has 0 aliphatic rings. The van der Waals surface area contributed by atoms with Gasteiger partial charge in [0.15, 0.2) is 0 Å². The maximum absolute atomic E-state index is 12.4. The van der Waals surface area contributed by atoms with E-state index >= 15 is 0 Å². The zero-order chi connectivity index (χ0) is 13.1. The number of rotatable bonds is 2. The van der Waals surface area contributed by atoms with E-state index in [2.05, 4.69) is 0 Å².